The fourth-order valence-electron chi connectivity index (χ4n) is 1.08. The topological polar surface area (TPSA) is 54.3 Å². The minimum absolute atomic E-state index is 0.285. The first kappa shape index (κ1) is 12.3. The number of rotatable bonds is 5. The summed E-state index contributed by atoms with van der Waals surface area (Å²) >= 11 is 0. The highest BCUT2D eigenvalue weighted by molar-refractivity contribution is 5.33. The molecule has 0 fully saturated rings. The molecule has 0 aromatic heterocycles. The highest BCUT2D eigenvalue weighted by Crippen LogP contribution is 2.19. The molecule has 0 saturated carbocycles. The average Bonchev–Trinajstić information content (AvgIpc) is 2.36. The first-order valence-electron chi connectivity index (χ1n) is 5.00. The Balaban J connectivity index is 2.64. The first-order chi connectivity index (χ1) is 7.63. The lowest BCUT2D eigenvalue weighted by Gasteiger charge is -2.21. The summed E-state index contributed by atoms with van der Waals surface area (Å²) in [5.41, 5.74) is -0.678. The number of benzene rings is 1. The second-order valence-electron chi connectivity index (χ2n) is 3.66. The second kappa shape index (κ2) is 5.38. The van der Waals surface area contributed by atoms with Crippen LogP contribution in [-0.2, 0) is 0 Å². The molecule has 0 spiro atoms. The molecule has 0 aliphatic heterocycles. The molecule has 0 bridgehead atoms. The van der Waals surface area contributed by atoms with E-state index < -0.39 is 5.54 Å². The van der Waals surface area contributed by atoms with E-state index in [1.165, 1.54) is 0 Å². The van der Waals surface area contributed by atoms with E-state index in [-0.39, 0.29) is 6.61 Å². The van der Waals surface area contributed by atoms with Gasteiger partial charge in [0.25, 0.3) is 0 Å². The number of nitrogens with zero attached hydrogens (tertiary/aromatic N) is 1. The van der Waals surface area contributed by atoms with Crippen molar-refractivity contribution in [2.24, 2.45) is 0 Å². The maximum absolute atomic E-state index is 8.95. The van der Waals surface area contributed by atoms with Gasteiger partial charge in [0.05, 0.1) is 13.2 Å². The van der Waals surface area contributed by atoms with Crippen LogP contribution in [0.4, 0.5) is 0 Å². The van der Waals surface area contributed by atoms with Gasteiger partial charge in [-0.3, -0.25) is 5.32 Å². The number of nitrogens with one attached hydrogen (secondary N) is 1. The molecule has 16 heavy (non-hydrogen) atoms. The summed E-state index contributed by atoms with van der Waals surface area (Å²) in [5, 5.41) is 11.9. The molecule has 0 aliphatic carbocycles. The quantitative estimate of drug-likeness (QED) is 0.818. The molecule has 0 saturated heterocycles. The number of ether oxygens (including phenoxy) is 2. The lowest BCUT2D eigenvalue weighted by molar-refractivity contribution is 0.241. The van der Waals surface area contributed by atoms with E-state index in [2.05, 4.69) is 11.4 Å². The fourth-order valence-corrected chi connectivity index (χ4v) is 1.08. The third-order valence-corrected chi connectivity index (χ3v) is 2.37. The third kappa shape index (κ3) is 3.14. The van der Waals surface area contributed by atoms with Crippen LogP contribution in [0.15, 0.2) is 24.3 Å². The summed E-state index contributed by atoms with van der Waals surface area (Å²) in [6, 6.07) is 9.46. The van der Waals surface area contributed by atoms with Crippen LogP contribution in [0.25, 0.3) is 0 Å². The van der Waals surface area contributed by atoms with E-state index in [0.29, 0.717) is 5.75 Å². The molecule has 0 radical (unpaired) electrons. The summed E-state index contributed by atoms with van der Waals surface area (Å²) in [5.74, 6) is 1.43. The SMILES string of the molecule is CNC(C)(C#N)COc1cccc(OC)c1. The summed E-state index contributed by atoms with van der Waals surface area (Å²) in [6.07, 6.45) is 0. The van der Waals surface area contributed by atoms with Crippen LogP contribution in [0.3, 0.4) is 0 Å². The molecule has 1 N–H and O–H groups in total. The molecule has 86 valence electrons. The molecule has 1 aromatic carbocycles. The second-order valence-corrected chi connectivity index (χ2v) is 3.66. The number of methoxy groups -OCH3 is 1. The highest BCUT2D eigenvalue weighted by atomic mass is 16.5. The molecule has 0 amide bonds. The van der Waals surface area contributed by atoms with Crippen molar-refractivity contribution in [1.82, 2.24) is 5.32 Å². The average molecular weight is 220 g/mol. The summed E-state index contributed by atoms with van der Waals surface area (Å²) in [7, 11) is 3.34. The third-order valence-electron chi connectivity index (χ3n) is 2.37. The van der Waals surface area contributed by atoms with E-state index in [9.17, 15) is 0 Å². The summed E-state index contributed by atoms with van der Waals surface area (Å²) < 4.78 is 10.6. The predicted octanol–water partition coefficient (Wildman–Crippen LogP) is 1.58. The van der Waals surface area contributed by atoms with Gasteiger partial charge in [-0.15, -0.1) is 0 Å². The lowest BCUT2D eigenvalue weighted by atomic mass is 10.1. The van der Waals surface area contributed by atoms with Gasteiger partial charge in [-0.05, 0) is 26.1 Å². The van der Waals surface area contributed by atoms with Crippen molar-refractivity contribution in [3.8, 4) is 17.6 Å². The Morgan fingerprint density at radius 1 is 1.44 bits per heavy atom. The number of likely N-dealkylation sites (N-methyl/N-ethyl adjacent to an activating group) is 1. The molecule has 0 aliphatic rings. The van der Waals surface area contributed by atoms with E-state index in [4.69, 9.17) is 14.7 Å². The van der Waals surface area contributed by atoms with Crippen LogP contribution in [-0.4, -0.2) is 26.3 Å². The molecule has 4 nitrogen and oxygen atoms in total. The molecule has 0 heterocycles. The van der Waals surface area contributed by atoms with Crippen molar-refractivity contribution >= 4 is 0 Å². The predicted molar refractivity (Wildman–Crippen MR) is 61.6 cm³/mol. The van der Waals surface area contributed by atoms with Crippen molar-refractivity contribution in [3.05, 3.63) is 24.3 Å². The van der Waals surface area contributed by atoms with Crippen LogP contribution < -0.4 is 14.8 Å². The van der Waals surface area contributed by atoms with Gasteiger partial charge in [0.1, 0.15) is 23.6 Å². The van der Waals surface area contributed by atoms with Crippen LogP contribution in [0, 0.1) is 11.3 Å². The number of hydrogen-bond acceptors (Lipinski definition) is 4. The van der Waals surface area contributed by atoms with Gasteiger partial charge < -0.3 is 9.47 Å². The van der Waals surface area contributed by atoms with Gasteiger partial charge in [0.15, 0.2) is 0 Å². The van der Waals surface area contributed by atoms with Gasteiger partial charge in [0, 0.05) is 6.07 Å². The molecular formula is C12H16N2O2. The van der Waals surface area contributed by atoms with Crippen molar-refractivity contribution in [3.63, 3.8) is 0 Å². The van der Waals surface area contributed by atoms with Crippen LogP contribution >= 0.6 is 0 Å². The zero-order chi connectivity index (χ0) is 12.0. The number of hydrogen-bond donors (Lipinski definition) is 1. The van der Waals surface area contributed by atoms with E-state index in [1.807, 2.05) is 18.2 Å². The van der Waals surface area contributed by atoms with Crippen LogP contribution in [0.2, 0.25) is 0 Å². The maximum Gasteiger partial charge on any atom is 0.137 e. The van der Waals surface area contributed by atoms with Crippen LogP contribution in [0.1, 0.15) is 6.92 Å². The highest BCUT2D eigenvalue weighted by Gasteiger charge is 2.22. The Labute approximate surface area is 95.8 Å². The van der Waals surface area contributed by atoms with E-state index in [0.717, 1.165) is 5.75 Å². The van der Waals surface area contributed by atoms with Gasteiger partial charge in [-0.1, -0.05) is 6.07 Å². The van der Waals surface area contributed by atoms with Gasteiger partial charge in [0.2, 0.25) is 0 Å². The molecule has 1 rings (SSSR count). The normalized spacial score (nSPS) is 13.6. The lowest BCUT2D eigenvalue weighted by Crippen LogP contribution is -2.43. The summed E-state index contributed by atoms with van der Waals surface area (Å²) in [4.78, 5) is 0. The minimum atomic E-state index is -0.678. The Morgan fingerprint density at radius 2 is 2.12 bits per heavy atom. The Bertz CT molecular complexity index is 387. The first-order valence-corrected chi connectivity index (χ1v) is 5.00. The Hall–Kier alpha value is -1.73. The molecule has 4 heteroatoms. The standard InChI is InChI=1S/C12H16N2O2/c1-12(8-13,14-2)9-16-11-6-4-5-10(7-11)15-3/h4-7,14H,9H2,1-3H3. The largest absolute Gasteiger partial charge is 0.497 e. The maximum atomic E-state index is 8.95. The minimum Gasteiger partial charge on any atom is -0.497 e. The Morgan fingerprint density at radius 3 is 2.69 bits per heavy atom. The van der Waals surface area contributed by atoms with Crippen molar-refractivity contribution in [2.45, 2.75) is 12.5 Å². The monoisotopic (exact) mass is 220 g/mol. The zero-order valence-corrected chi connectivity index (χ0v) is 9.78. The van der Waals surface area contributed by atoms with Gasteiger partial charge in [-0.2, -0.15) is 5.26 Å². The molecule has 1 atom stereocenters. The van der Waals surface area contributed by atoms with Crippen LogP contribution in [0.5, 0.6) is 11.5 Å². The molecule has 1 unspecified atom stereocenters. The van der Waals surface area contributed by atoms with E-state index >= 15 is 0 Å². The van der Waals surface area contributed by atoms with Crippen molar-refractivity contribution < 1.29 is 9.47 Å². The summed E-state index contributed by atoms with van der Waals surface area (Å²) in [6.45, 7) is 2.07. The smallest absolute Gasteiger partial charge is 0.137 e. The van der Waals surface area contributed by atoms with Crippen molar-refractivity contribution in [1.29, 1.82) is 5.26 Å². The molecule has 1 aromatic rings. The molecular weight excluding hydrogens is 204 g/mol. The van der Waals surface area contributed by atoms with Gasteiger partial charge in [-0.25, -0.2) is 0 Å². The number of nitriles is 1. The Kier molecular flexibility index (Phi) is 4.15. The zero-order valence-electron chi connectivity index (χ0n) is 9.78. The van der Waals surface area contributed by atoms with Crippen molar-refractivity contribution in [2.75, 3.05) is 20.8 Å². The van der Waals surface area contributed by atoms with E-state index in [1.54, 1.807) is 27.1 Å². The fraction of sp³-hybridized carbons (Fsp3) is 0.417. The van der Waals surface area contributed by atoms with Gasteiger partial charge >= 0.3 is 0 Å².